The van der Waals surface area contributed by atoms with Crippen LogP contribution in [-0.2, 0) is 0 Å². The van der Waals surface area contributed by atoms with Gasteiger partial charge in [0.05, 0.1) is 6.61 Å². The Morgan fingerprint density at radius 3 is 2.29 bits per heavy atom. The molecule has 0 unspecified atom stereocenters. The first-order valence-corrected chi connectivity index (χ1v) is 11.3. The van der Waals surface area contributed by atoms with Crippen molar-refractivity contribution in [2.24, 2.45) is 0 Å². The van der Waals surface area contributed by atoms with E-state index in [0.29, 0.717) is 6.04 Å². The molecule has 28 heavy (non-hydrogen) atoms. The van der Waals surface area contributed by atoms with Crippen molar-refractivity contribution < 1.29 is 9.53 Å². The van der Waals surface area contributed by atoms with E-state index < -0.39 is 0 Å². The van der Waals surface area contributed by atoms with Crippen LogP contribution in [0.3, 0.4) is 0 Å². The topological polar surface area (TPSA) is 36.0 Å². The van der Waals surface area contributed by atoms with E-state index in [-0.39, 0.29) is 5.91 Å². The molecule has 0 aromatic heterocycles. The van der Waals surface area contributed by atoms with E-state index in [1.807, 2.05) is 24.3 Å². The van der Waals surface area contributed by atoms with E-state index in [1.165, 1.54) is 51.9 Å². The van der Waals surface area contributed by atoms with Crippen molar-refractivity contribution in [2.45, 2.75) is 51.0 Å². The Morgan fingerprint density at radius 1 is 0.893 bits per heavy atom. The third-order valence-electron chi connectivity index (χ3n) is 6.49. The minimum Gasteiger partial charge on any atom is -0.494 e. The van der Waals surface area contributed by atoms with Crippen molar-refractivity contribution >= 4 is 5.91 Å². The molecule has 3 heterocycles. The number of nitrogens with zero attached hydrogens (tertiary/aromatic N) is 3. The van der Waals surface area contributed by atoms with Crippen molar-refractivity contribution in [1.82, 2.24) is 14.7 Å². The van der Waals surface area contributed by atoms with Gasteiger partial charge in [0.1, 0.15) is 5.75 Å². The molecule has 1 amide bonds. The molecular weight excluding hydrogens is 350 g/mol. The number of carbonyl (C=O) groups excluding carboxylic acids is 1. The number of benzene rings is 1. The summed E-state index contributed by atoms with van der Waals surface area (Å²) < 4.78 is 5.88. The fourth-order valence-electron chi connectivity index (χ4n) is 4.90. The van der Waals surface area contributed by atoms with Crippen molar-refractivity contribution in [3.05, 3.63) is 29.8 Å². The minimum absolute atomic E-state index is 0.183. The Kier molecular flexibility index (Phi) is 6.86. The Morgan fingerprint density at radius 2 is 1.57 bits per heavy atom. The van der Waals surface area contributed by atoms with E-state index in [0.717, 1.165) is 56.8 Å². The lowest BCUT2D eigenvalue weighted by Gasteiger charge is -2.28. The zero-order valence-electron chi connectivity index (χ0n) is 17.2. The minimum atomic E-state index is 0.183. The van der Waals surface area contributed by atoms with Gasteiger partial charge in [-0.2, -0.15) is 0 Å². The van der Waals surface area contributed by atoms with Crippen LogP contribution in [0.4, 0.5) is 0 Å². The van der Waals surface area contributed by atoms with Crippen LogP contribution in [0, 0.1) is 0 Å². The molecule has 0 N–H and O–H groups in total. The SMILES string of the molecule is O=C(c1ccc(OCCCN2CCCC2)cc1)N1CCC[C@H]1CN1CCCC1. The van der Waals surface area contributed by atoms with Gasteiger partial charge in [-0.3, -0.25) is 4.79 Å². The molecule has 0 spiro atoms. The summed E-state index contributed by atoms with van der Waals surface area (Å²) in [5, 5.41) is 0. The normalized spacial score (nSPS) is 23.6. The Labute approximate surface area is 169 Å². The smallest absolute Gasteiger partial charge is 0.254 e. The maximum atomic E-state index is 13.0. The van der Waals surface area contributed by atoms with E-state index >= 15 is 0 Å². The molecule has 1 aromatic carbocycles. The van der Waals surface area contributed by atoms with Gasteiger partial charge in [-0.25, -0.2) is 0 Å². The van der Waals surface area contributed by atoms with Gasteiger partial charge in [-0.15, -0.1) is 0 Å². The first-order chi connectivity index (χ1) is 13.8. The molecule has 3 fully saturated rings. The van der Waals surface area contributed by atoms with Gasteiger partial charge in [0.2, 0.25) is 0 Å². The average molecular weight is 386 g/mol. The number of likely N-dealkylation sites (tertiary alicyclic amines) is 3. The average Bonchev–Trinajstić information content (AvgIpc) is 3.49. The summed E-state index contributed by atoms with van der Waals surface area (Å²) in [4.78, 5) is 20.1. The summed E-state index contributed by atoms with van der Waals surface area (Å²) in [5.74, 6) is 1.05. The zero-order chi connectivity index (χ0) is 19.2. The Balaban J connectivity index is 1.24. The maximum absolute atomic E-state index is 13.0. The summed E-state index contributed by atoms with van der Waals surface area (Å²) in [5.41, 5.74) is 0.790. The van der Waals surface area contributed by atoms with Crippen LogP contribution in [0.5, 0.6) is 5.75 Å². The fourth-order valence-corrected chi connectivity index (χ4v) is 4.90. The van der Waals surface area contributed by atoms with Gasteiger partial charge in [0.25, 0.3) is 5.91 Å². The molecule has 1 aromatic rings. The summed E-state index contributed by atoms with van der Waals surface area (Å²) in [6.07, 6.45) is 8.62. The highest BCUT2D eigenvalue weighted by Gasteiger charge is 2.31. The molecule has 1 atom stereocenters. The molecule has 5 heteroatoms. The van der Waals surface area contributed by atoms with Gasteiger partial charge in [0, 0.05) is 31.2 Å². The van der Waals surface area contributed by atoms with Crippen molar-refractivity contribution in [3.63, 3.8) is 0 Å². The molecular formula is C23H35N3O2. The molecule has 5 nitrogen and oxygen atoms in total. The van der Waals surface area contributed by atoms with Crippen LogP contribution >= 0.6 is 0 Å². The fraction of sp³-hybridized carbons (Fsp3) is 0.696. The summed E-state index contributed by atoms with van der Waals surface area (Å²) in [6, 6.07) is 8.16. The lowest BCUT2D eigenvalue weighted by molar-refractivity contribution is 0.0708. The molecule has 0 saturated carbocycles. The van der Waals surface area contributed by atoms with Crippen LogP contribution in [0.1, 0.15) is 55.3 Å². The predicted octanol–water partition coefficient (Wildman–Crippen LogP) is 3.25. The van der Waals surface area contributed by atoms with Crippen molar-refractivity contribution in [3.8, 4) is 5.75 Å². The second-order valence-electron chi connectivity index (χ2n) is 8.58. The first kappa shape index (κ1) is 19.7. The van der Waals surface area contributed by atoms with E-state index in [4.69, 9.17) is 4.74 Å². The molecule has 4 rings (SSSR count). The first-order valence-electron chi connectivity index (χ1n) is 11.3. The maximum Gasteiger partial charge on any atom is 0.254 e. The third kappa shape index (κ3) is 5.06. The number of amides is 1. The van der Waals surface area contributed by atoms with E-state index in [2.05, 4.69) is 14.7 Å². The van der Waals surface area contributed by atoms with Crippen molar-refractivity contribution in [1.29, 1.82) is 0 Å². The zero-order valence-corrected chi connectivity index (χ0v) is 17.2. The number of rotatable bonds is 8. The number of hydrogen-bond donors (Lipinski definition) is 0. The molecule has 3 saturated heterocycles. The molecule has 0 radical (unpaired) electrons. The van der Waals surface area contributed by atoms with Crippen LogP contribution in [-0.4, -0.2) is 79.1 Å². The van der Waals surface area contributed by atoms with Gasteiger partial charge in [0.15, 0.2) is 0 Å². The molecule has 3 aliphatic rings. The lowest BCUT2D eigenvalue weighted by Crippen LogP contribution is -2.42. The summed E-state index contributed by atoms with van der Waals surface area (Å²) >= 11 is 0. The van der Waals surface area contributed by atoms with Gasteiger partial charge >= 0.3 is 0 Å². The monoisotopic (exact) mass is 385 g/mol. The van der Waals surface area contributed by atoms with E-state index in [1.54, 1.807) is 0 Å². The largest absolute Gasteiger partial charge is 0.494 e. The lowest BCUT2D eigenvalue weighted by atomic mass is 10.1. The number of ether oxygens (including phenoxy) is 1. The van der Waals surface area contributed by atoms with Crippen LogP contribution in [0.25, 0.3) is 0 Å². The molecule has 0 aliphatic carbocycles. The second-order valence-corrected chi connectivity index (χ2v) is 8.58. The highest BCUT2D eigenvalue weighted by molar-refractivity contribution is 5.94. The third-order valence-corrected chi connectivity index (χ3v) is 6.49. The Bertz CT molecular complexity index is 621. The number of carbonyl (C=O) groups is 1. The number of hydrogen-bond acceptors (Lipinski definition) is 4. The van der Waals surface area contributed by atoms with Gasteiger partial charge < -0.3 is 19.4 Å². The molecule has 154 valence electrons. The Hall–Kier alpha value is -1.59. The highest BCUT2D eigenvalue weighted by Crippen LogP contribution is 2.23. The van der Waals surface area contributed by atoms with Crippen molar-refractivity contribution in [2.75, 3.05) is 52.4 Å². The van der Waals surface area contributed by atoms with Crippen LogP contribution in [0.15, 0.2) is 24.3 Å². The molecule has 3 aliphatic heterocycles. The van der Waals surface area contributed by atoms with Gasteiger partial charge in [-0.05, 0) is 95.4 Å². The van der Waals surface area contributed by atoms with Crippen LogP contribution < -0.4 is 4.74 Å². The molecule has 0 bridgehead atoms. The van der Waals surface area contributed by atoms with E-state index in [9.17, 15) is 4.79 Å². The summed E-state index contributed by atoms with van der Waals surface area (Å²) in [7, 11) is 0. The second kappa shape index (κ2) is 9.75. The summed E-state index contributed by atoms with van der Waals surface area (Å²) in [6.45, 7) is 8.69. The predicted molar refractivity (Wildman–Crippen MR) is 112 cm³/mol. The highest BCUT2D eigenvalue weighted by atomic mass is 16.5. The standard InChI is InChI=1S/C23H35N3O2/c27-23(26-17-5-7-21(26)19-25-14-3-4-15-25)20-8-10-22(11-9-20)28-18-6-16-24-12-1-2-13-24/h8-11,21H,1-7,12-19H2/t21-/m0/s1. The quantitative estimate of drug-likeness (QED) is 0.644. The van der Waals surface area contributed by atoms with Crippen LogP contribution in [0.2, 0.25) is 0 Å². The van der Waals surface area contributed by atoms with Gasteiger partial charge in [-0.1, -0.05) is 0 Å².